The number of rotatable bonds is 3. The number of benzene rings is 1. The van der Waals surface area contributed by atoms with Crippen LogP contribution in [0.2, 0.25) is 0 Å². The third kappa shape index (κ3) is 2.91. The quantitative estimate of drug-likeness (QED) is 0.851. The van der Waals surface area contributed by atoms with Crippen LogP contribution in [0.4, 0.5) is 5.69 Å². The van der Waals surface area contributed by atoms with Gasteiger partial charge >= 0.3 is 0 Å². The Morgan fingerprint density at radius 2 is 2.22 bits per heavy atom. The molecule has 0 fully saturated rings. The molecule has 18 heavy (non-hydrogen) atoms. The summed E-state index contributed by atoms with van der Waals surface area (Å²) >= 11 is 4.97. The van der Waals surface area contributed by atoms with Crippen molar-refractivity contribution < 1.29 is 4.79 Å². The predicted octanol–water partition coefficient (Wildman–Crippen LogP) is 3.33. The Balaban J connectivity index is 2.08. The highest BCUT2D eigenvalue weighted by atomic mass is 79.9. The molecule has 0 aliphatic heterocycles. The standard InChI is InChI=1S/C13H13BrN2OS/c1-8-4-5-18-12(8)7-16-13(17)10-6-9(14)2-3-11(10)15/h2-6H,7,15H2,1H3,(H,16,17). The maximum Gasteiger partial charge on any atom is 0.253 e. The van der Waals surface area contributed by atoms with Crippen LogP contribution in [0.1, 0.15) is 20.8 Å². The van der Waals surface area contributed by atoms with Crippen LogP contribution in [0.25, 0.3) is 0 Å². The van der Waals surface area contributed by atoms with Crippen molar-refractivity contribution in [1.29, 1.82) is 0 Å². The Bertz CT molecular complexity index is 580. The summed E-state index contributed by atoms with van der Waals surface area (Å²) in [5, 5.41) is 4.90. The molecule has 2 aromatic rings. The van der Waals surface area contributed by atoms with E-state index in [0.29, 0.717) is 17.8 Å². The van der Waals surface area contributed by atoms with Gasteiger partial charge in [-0.25, -0.2) is 0 Å². The average Bonchev–Trinajstić information content (AvgIpc) is 2.75. The number of hydrogen-bond donors (Lipinski definition) is 2. The maximum absolute atomic E-state index is 12.0. The van der Waals surface area contributed by atoms with Gasteiger partial charge in [0.05, 0.1) is 12.1 Å². The first-order valence-corrected chi connectivity index (χ1v) is 7.11. The molecule has 0 spiro atoms. The van der Waals surface area contributed by atoms with Crippen LogP contribution in [0, 0.1) is 6.92 Å². The van der Waals surface area contributed by atoms with Crippen LogP contribution in [0.15, 0.2) is 34.1 Å². The lowest BCUT2D eigenvalue weighted by molar-refractivity contribution is 0.0952. The Hall–Kier alpha value is -1.33. The van der Waals surface area contributed by atoms with E-state index in [2.05, 4.69) is 21.2 Å². The summed E-state index contributed by atoms with van der Waals surface area (Å²) in [5.41, 5.74) is 7.97. The molecule has 1 amide bonds. The molecule has 3 nitrogen and oxygen atoms in total. The molecular formula is C13H13BrN2OS. The number of anilines is 1. The first-order valence-electron chi connectivity index (χ1n) is 5.44. The van der Waals surface area contributed by atoms with Gasteiger partial charge in [0.15, 0.2) is 0 Å². The lowest BCUT2D eigenvalue weighted by Gasteiger charge is -2.07. The lowest BCUT2D eigenvalue weighted by Crippen LogP contribution is -2.23. The number of amides is 1. The zero-order valence-electron chi connectivity index (χ0n) is 9.87. The first kappa shape index (κ1) is 13.1. The topological polar surface area (TPSA) is 55.1 Å². The number of nitrogen functional groups attached to an aromatic ring is 1. The minimum atomic E-state index is -0.151. The van der Waals surface area contributed by atoms with Gasteiger partial charge in [-0.3, -0.25) is 4.79 Å². The van der Waals surface area contributed by atoms with Gasteiger partial charge in [0, 0.05) is 15.0 Å². The molecule has 0 aliphatic carbocycles. The minimum absolute atomic E-state index is 0.151. The predicted molar refractivity (Wildman–Crippen MR) is 78.8 cm³/mol. The number of carbonyl (C=O) groups is 1. The van der Waals surface area contributed by atoms with Crippen molar-refractivity contribution in [2.75, 3.05) is 5.73 Å². The Morgan fingerprint density at radius 1 is 1.44 bits per heavy atom. The van der Waals surface area contributed by atoms with E-state index in [-0.39, 0.29) is 5.91 Å². The summed E-state index contributed by atoms with van der Waals surface area (Å²) in [5.74, 6) is -0.151. The smallest absolute Gasteiger partial charge is 0.253 e. The van der Waals surface area contributed by atoms with Crippen LogP contribution in [0.5, 0.6) is 0 Å². The van der Waals surface area contributed by atoms with Crippen molar-refractivity contribution in [3.8, 4) is 0 Å². The molecule has 2 rings (SSSR count). The largest absolute Gasteiger partial charge is 0.398 e. The van der Waals surface area contributed by atoms with E-state index >= 15 is 0 Å². The van der Waals surface area contributed by atoms with Crippen LogP contribution in [-0.4, -0.2) is 5.91 Å². The SMILES string of the molecule is Cc1ccsc1CNC(=O)c1cc(Br)ccc1N. The summed E-state index contributed by atoms with van der Waals surface area (Å²) in [6.45, 7) is 2.57. The third-order valence-electron chi connectivity index (χ3n) is 2.64. The van der Waals surface area contributed by atoms with Gasteiger partial charge in [-0.2, -0.15) is 0 Å². The zero-order valence-corrected chi connectivity index (χ0v) is 12.3. The Labute approximate surface area is 118 Å². The summed E-state index contributed by atoms with van der Waals surface area (Å²) in [6, 6.07) is 7.30. The van der Waals surface area contributed by atoms with Crippen molar-refractivity contribution in [3.05, 3.63) is 50.1 Å². The molecule has 0 unspecified atom stereocenters. The fourth-order valence-corrected chi connectivity index (χ4v) is 2.77. The summed E-state index contributed by atoms with van der Waals surface area (Å²) < 4.78 is 0.842. The van der Waals surface area contributed by atoms with Crippen LogP contribution in [-0.2, 0) is 6.54 Å². The van der Waals surface area contributed by atoms with E-state index in [0.717, 1.165) is 9.35 Å². The van der Waals surface area contributed by atoms with Gasteiger partial charge < -0.3 is 11.1 Å². The van der Waals surface area contributed by atoms with Gasteiger partial charge in [0.1, 0.15) is 0 Å². The average molecular weight is 325 g/mol. The number of hydrogen-bond acceptors (Lipinski definition) is 3. The van der Waals surface area contributed by atoms with Crippen LogP contribution >= 0.6 is 27.3 Å². The maximum atomic E-state index is 12.0. The van der Waals surface area contributed by atoms with Gasteiger partial charge in [-0.1, -0.05) is 15.9 Å². The van der Waals surface area contributed by atoms with E-state index < -0.39 is 0 Å². The lowest BCUT2D eigenvalue weighted by atomic mass is 10.1. The van der Waals surface area contributed by atoms with E-state index in [1.165, 1.54) is 5.56 Å². The second kappa shape index (κ2) is 5.54. The molecule has 5 heteroatoms. The van der Waals surface area contributed by atoms with Gasteiger partial charge in [0.25, 0.3) is 5.91 Å². The second-order valence-electron chi connectivity index (χ2n) is 3.94. The molecule has 0 saturated heterocycles. The van der Waals surface area contributed by atoms with Crippen molar-refractivity contribution >= 4 is 38.9 Å². The highest BCUT2D eigenvalue weighted by Gasteiger charge is 2.10. The van der Waals surface area contributed by atoms with Crippen molar-refractivity contribution in [1.82, 2.24) is 5.32 Å². The molecule has 1 aromatic carbocycles. The summed E-state index contributed by atoms with van der Waals surface area (Å²) in [6.07, 6.45) is 0. The first-order chi connectivity index (χ1) is 8.58. The van der Waals surface area contributed by atoms with E-state index in [9.17, 15) is 4.79 Å². The molecule has 0 bridgehead atoms. The molecule has 0 atom stereocenters. The number of carbonyl (C=O) groups excluding carboxylic acids is 1. The number of thiophene rings is 1. The van der Waals surface area contributed by atoms with E-state index in [4.69, 9.17) is 5.73 Å². The highest BCUT2D eigenvalue weighted by Crippen LogP contribution is 2.19. The summed E-state index contributed by atoms with van der Waals surface area (Å²) in [7, 11) is 0. The molecule has 0 radical (unpaired) electrons. The van der Waals surface area contributed by atoms with E-state index in [1.807, 2.05) is 24.4 Å². The molecule has 1 heterocycles. The van der Waals surface area contributed by atoms with Crippen LogP contribution < -0.4 is 11.1 Å². The zero-order chi connectivity index (χ0) is 13.1. The number of aryl methyl sites for hydroxylation is 1. The van der Waals surface area contributed by atoms with Crippen LogP contribution in [0.3, 0.4) is 0 Å². The highest BCUT2D eigenvalue weighted by molar-refractivity contribution is 9.10. The van der Waals surface area contributed by atoms with E-state index in [1.54, 1.807) is 23.5 Å². The van der Waals surface area contributed by atoms with Gasteiger partial charge in [0.2, 0.25) is 0 Å². The van der Waals surface area contributed by atoms with Crippen molar-refractivity contribution in [2.24, 2.45) is 0 Å². The number of nitrogens with two attached hydrogens (primary N) is 1. The van der Waals surface area contributed by atoms with Crippen molar-refractivity contribution in [3.63, 3.8) is 0 Å². The molecule has 0 aliphatic rings. The van der Waals surface area contributed by atoms with Crippen molar-refractivity contribution in [2.45, 2.75) is 13.5 Å². The molecule has 1 aromatic heterocycles. The molecule has 94 valence electrons. The monoisotopic (exact) mass is 324 g/mol. The Kier molecular flexibility index (Phi) is 4.04. The third-order valence-corrected chi connectivity index (χ3v) is 4.15. The van der Waals surface area contributed by atoms with Gasteiger partial charge in [-0.15, -0.1) is 11.3 Å². The minimum Gasteiger partial charge on any atom is -0.398 e. The summed E-state index contributed by atoms with van der Waals surface area (Å²) in [4.78, 5) is 13.2. The fourth-order valence-electron chi connectivity index (χ4n) is 1.57. The molecular weight excluding hydrogens is 312 g/mol. The molecule has 0 saturated carbocycles. The Morgan fingerprint density at radius 3 is 2.89 bits per heavy atom. The normalized spacial score (nSPS) is 10.3. The fraction of sp³-hybridized carbons (Fsp3) is 0.154. The van der Waals surface area contributed by atoms with Gasteiger partial charge in [-0.05, 0) is 42.1 Å². The number of halogens is 1. The molecule has 3 N–H and O–H groups in total. The number of nitrogens with one attached hydrogen (secondary N) is 1. The second-order valence-corrected chi connectivity index (χ2v) is 5.86.